The van der Waals surface area contributed by atoms with E-state index in [0.29, 0.717) is 11.8 Å². The fourth-order valence-electron chi connectivity index (χ4n) is 2.63. The molecule has 3 rings (SSSR count). The molecule has 1 saturated carbocycles. The van der Waals surface area contributed by atoms with Gasteiger partial charge in [-0.05, 0) is 42.7 Å². The summed E-state index contributed by atoms with van der Waals surface area (Å²) in [5.74, 6) is -1.70. The summed E-state index contributed by atoms with van der Waals surface area (Å²) < 4.78 is 51.5. The number of rotatable bonds is 6. The molecule has 2 aromatic rings. The van der Waals surface area contributed by atoms with Gasteiger partial charge in [0.1, 0.15) is 11.6 Å². The van der Waals surface area contributed by atoms with Crippen LogP contribution in [0.1, 0.15) is 40.0 Å². The molecule has 0 spiro atoms. The normalized spacial score (nSPS) is 14.1. The number of halogens is 4. The fourth-order valence-corrected chi connectivity index (χ4v) is 2.63. The van der Waals surface area contributed by atoms with Gasteiger partial charge < -0.3 is 5.32 Å². The Labute approximate surface area is 152 Å². The molecule has 1 aromatic carbocycles. The quantitative estimate of drug-likeness (QED) is 0.778. The molecule has 0 aliphatic heterocycles. The first-order valence-electron chi connectivity index (χ1n) is 8.35. The third-order valence-electron chi connectivity index (χ3n) is 4.26. The maximum absolute atomic E-state index is 13.3. The molecule has 8 heteroatoms. The van der Waals surface area contributed by atoms with Crippen LogP contribution >= 0.6 is 0 Å². The highest BCUT2D eigenvalue weighted by molar-refractivity contribution is 5.94. The first-order chi connectivity index (χ1) is 12.7. The van der Waals surface area contributed by atoms with Gasteiger partial charge in [-0.2, -0.15) is 13.2 Å². The Morgan fingerprint density at radius 2 is 1.89 bits per heavy atom. The van der Waals surface area contributed by atoms with Gasteiger partial charge in [-0.1, -0.05) is 6.07 Å². The van der Waals surface area contributed by atoms with Gasteiger partial charge in [0, 0.05) is 36.3 Å². The zero-order valence-corrected chi connectivity index (χ0v) is 14.1. The molecule has 0 unspecified atom stereocenters. The van der Waals surface area contributed by atoms with Crippen molar-refractivity contribution in [3.63, 3.8) is 0 Å². The van der Waals surface area contributed by atoms with E-state index in [2.05, 4.69) is 10.3 Å². The van der Waals surface area contributed by atoms with Gasteiger partial charge in [0.2, 0.25) is 0 Å². The van der Waals surface area contributed by atoms with E-state index in [9.17, 15) is 27.2 Å². The third kappa shape index (κ3) is 4.90. The lowest BCUT2D eigenvalue weighted by atomic mass is 10.1. The van der Waals surface area contributed by atoms with Crippen LogP contribution in [0.5, 0.6) is 0 Å². The number of carbonyl (C=O) groups excluding carboxylic acids is 2. The van der Waals surface area contributed by atoms with Gasteiger partial charge in [0.05, 0.1) is 5.56 Å². The highest BCUT2D eigenvalue weighted by atomic mass is 19.4. The second kappa shape index (κ2) is 7.46. The Morgan fingerprint density at radius 3 is 2.56 bits per heavy atom. The van der Waals surface area contributed by atoms with Crippen LogP contribution in [0, 0.1) is 11.7 Å². The van der Waals surface area contributed by atoms with Crippen molar-refractivity contribution in [1.29, 1.82) is 0 Å². The second-order valence-electron chi connectivity index (χ2n) is 6.45. The maximum atomic E-state index is 13.3. The molecule has 1 amide bonds. The van der Waals surface area contributed by atoms with E-state index in [1.807, 2.05) is 0 Å². The number of pyridine rings is 1. The number of hydrogen-bond acceptors (Lipinski definition) is 3. The summed E-state index contributed by atoms with van der Waals surface area (Å²) in [4.78, 5) is 28.1. The van der Waals surface area contributed by atoms with Crippen molar-refractivity contribution in [2.24, 2.45) is 5.92 Å². The predicted molar refractivity (Wildman–Crippen MR) is 88.2 cm³/mol. The molecule has 1 N–H and O–H groups in total. The minimum absolute atomic E-state index is 0.0885. The van der Waals surface area contributed by atoms with E-state index >= 15 is 0 Å². The van der Waals surface area contributed by atoms with Crippen molar-refractivity contribution in [3.05, 3.63) is 64.7 Å². The topological polar surface area (TPSA) is 59.1 Å². The summed E-state index contributed by atoms with van der Waals surface area (Å²) in [7, 11) is 0. The molecule has 1 heterocycles. The predicted octanol–water partition coefficient (Wildman–Crippen LogP) is 3.69. The summed E-state index contributed by atoms with van der Waals surface area (Å²) in [6, 6.07) is 5.50. The van der Waals surface area contributed by atoms with Crippen molar-refractivity contribution in [2.45, 2.75) is 32.0 Å². The minimum Gasteiger partial charge on any atom is -0.348 e. The molecule has 4 nitrogen and oxygen atoms in total. The molecule has 1 aromatic heterocycles. The van der Waals surface area contributed by atoms with Crippen molar-refractivity contribution >= 4 is 11.7 Å². The minimum atomic E-state index is -4.81. The van der Waals surface area contributed by atoms with E-state index in [0.717, 1.165) is 18.9 Å². The number of carbonyl (C=O) groups is 2. The Hall–Kier alpha value is -2.77. The van der Waals surface area contributed by atoms with Crippen molar-refractivity contribution in [3.8, 4) is 0 Å². The SMILES string of the molecule is O=C(NCc1ccc(F)c(C(F)(F)F)c1)c1ccnc(CC(=O)C2CC2)c1. The molecular weight excluding hydrogens is 364 g/mol. The summed E-state index contributed by atoms with van der Waals surface area (Å²) in [6.45, 7) is -0.194. The van der Waals surface area contributed by atoms with Gasteiger partial charge in [-0.25, -0.2) is 4.39 Å². The molecule has 0 radical (unpaired) electrons. The zero-order valence-electron chi connectivity index (χ0n) is 14.1. The van der Waals surface area contributed by atoms with Gasteiger partial charge in [0.25, 0.3) is 5.91 Å². The van der Waals surface area contributed by atoms with Crippen molar-refractivity contribution in [2.75, 3.05) is 0 Å². The van der Waals surface area contributed by atoms with Gasteiger partial charge in [-0.15, -0.1) is 0 Å². The van der Waals surface area contributed by atoms with E-state index in [1.54, 1.807) is 0 Å². The smallest absolute Gasteiger partial charge is 0.348 e. The van der Waals surface area contributed by atoms with Crippen molar-refractivity contribution in [1.82, 2.24) is 10.3 Å². The number of nitrogens with one attached hydrogen (secondary N) is 1. The lowest BCUT2D eigenvalue weighted by Crippen LogP contribution is -2.23. The van der Waals surface area contributed by atoms with Crippen LogP contribution < -0.4 is 5.32 Å². The highest BCUT2D eigenvalue weighted by Crippen LogP contribution is 2.32. The number of aromatic nitrogens is 1. The summed E-state index contributed by atoms with van der Waals surface area (Å²) in [5.41, 5.74) is -0.531. The molecule has 0 bridgehead atoms. The second-order valence-corrected chi connectivity index (χ2v) is 6.45. The van der Waals surface area contributed by atoms with Crippen LogP contribution in [0.3, 0.4) is 0 Å². The Morgan fingerprint density at radius 1 is 1.15 bits per heavy atom. The number of hydrogen-bond donors (Lipinski definition) is 1. The number of nitrogens with zero attached hydrogens (tertiary/aromatic N) is 1. The van der Waals surface area contributed by atoms with Crippen LogP contribution in [0.2, 0.25) is 0 Å². The van der Waals surface area contributed by atoms with Crippen LogP contribution in [-0.2, 0) is 23.9 Å². The molecule has 0 saturated heterocycles. The maximum Gasteiger partial charge on any atom is 0.419 e. The molecule has 0 atom stereocenters. The number of ketones is 1. The molecule has 27 heavy (non-hydrogen) atoms. The fraction of sp³-hybridized carbons (Fsp3) is 0.316. The van der Waals surface area contributed by atoms with E-state index in [1.165, 1.54) is 24.4 Å². The van der Waals surface area contributed by atoms with Gasteiger partial charge in [0.15, 0.2) is 0 Å². The Kier molecular flexibility index (Phi) is 5.25. The average molecular weight is 380 g/mol. The van der Waals surface area contributed by atoms with Crippen LogP contribution in [-0.4, -0.2) is 16.7 Å². The van der Waals surface area contributed by atoms with Crippen LogP contribution in [0.15, 0.2) is 36.5 Å². The number of benzene rings is 1. The Balaban J connectivity index is 1.65. The molecular formula is C19H16F4N2O2. The standard InChI is InChI=1S/C19H16F4N2O2/c20-16-4-1-11(7-15(16)19(21,22)23)10-25-18(27)13-5-6-24-14(8-13)9-17(26)12-2-3-12/h1,4-8,12H,2-3,9-10H2,(H,25,27). The van der Waals surface area contributed by atoms with Gasteiger partial charge in [-0.3, -0.25) is 14.6 Å². The zero-order chi connectivity index (χ0) is 19.6. The third-order valence-corrected chi connectivity index (χ3v) is 4.26. The molecule has 1 fully saturated rings. The van der Waals surface area contributed by atoms with Crippen LogP contribution in [0.4, 0.5) is 17.6 Å². The van der Waals surface area contributed by atoms with Gasteiger partial charge >= 0.3 is 6.18 Å². The van der Waals surface area contributed by atoms with Crippen molar-refractivity contribution < 1.29 is 27.2 Å². The first kappa shape index (κ1) is 19.0. The summed E-state index contributed by atoms with van der Waals surface area (Å²) >= 11 is 0. The largest absolute Gasteiger partial charge is 0.419 e. The number of amides is 1. The first-order valence-corrected chi connectivity index (χ1v) is 8.35. The van der Waals surface area contributed by atoms with E-state index in [-0.39, 0.29) is 35.8 Å². The average Bonchev–Trinajstić information content (AvgIpc) is 3.45. The molecule has 142 valence electrons. The monoisotopic (exact) mass is 380 g/mol. The molecule has 1 aliphatic carbocycles. The summed E-state index contributed by atoms with van der Waals surface area (Å²) in [5, 5.41) is 2.49. The number of alkyl halides is 3. The molecule has 1 aliphatic rings. The summed E-state index contributed by atoms with van der Waals surface area (Å²) in [6.07, 6.45) is -1.48. The lowest BCUT2D eigenvalue weighted by molar-refractivity contribution is -0.140. The van der Waals surface area contributed by atoms with E-state index in [4.69, 9.17) is 0 Å². The van der Waals surface area contributed by atoms with Crippen LogP contribution in [0.25, 0.3) is 0 Å². The lowest BCUT2D eigenvalue weighted by Gasteiger charge is -2.11. The Bertz CT molecular complexity index is 876. The number of Topliss-reactive ketones (excluding diaryl/α,β-unsaturated/α-hetero) is 1. The van der Waals surface area contributed by atoms with E-state index < -0.39 is 23.5 Å². The highest BCUT2D eigenvalue weighted by Gasteiger charge is 2.34.